The van der Waals surface area contributed by atoms with Gasteiger partial charge in [-0.25, -0.2) is 4.79 Å². The molecule has 0 radical (unpaired) electrons. The Hall–Kier alpha value is -1.76. The highest BCUT2D eigenvalue weighted by atomic mass is 35.5. The van der Waals surface area contributed by atoms with Crippen molar-refractivity contribution in [2.24, 2.45) is 0 Å². The van der Waals surface area contributed by atoms with Gasteiger partial charge in [-0.1, -0.05) is 11.6 Å². The van der Waals surface area contributed by atoms with E-state index in [9.17, 15) is 4.79 Å². The van der Waals surface area contributed by atoms with E-state index in [1.165, 1.54) is 6.08 Å². The number of carbonyl (C=O) groups excluding carboxylic acids is 1. The zero-order chi connectivity index (χ0) is 15.4. The third-order valence-corrected chi connectivity index (χ3v) is 3.43. The number of fused-ring (bicyclic) bond motifs is 1. The van der Waals surface area contributed by atoms with E-state index in [1.807, 2.05) is 0 Å². The molecule has 0 N–H and O–H groups in total. The molecule has 0 amide bonds. The third-order valence-electron chi connectivity index (χ3n) is 3.15. The molecule has 0 bridgehead atoms. The standard InChI is InChI=1S/C15H15ClO6/c16-11-7-10(8-12-15(11)22-9-21-12)1-2-13(17)18-4-3-14-19-5-6-20-14/h1-2,7-8,14H,3-6,9H2/b2-1+. The Kier molecular flexibility index (Phi) is 4.82. The van der Waals surface area contributed by atoms with Gasteiger partial charge in [-0.3, -0.25) is 0 Å². The van der Waals surface area contributed by atoms with Crippen LogP contribution in [0.5, 0.6) is 11.5 Å². The van der Waals surface area contributed by atoms with Crippen molar-refractivity contribution in [2.45, 2.75) is 12.7 Å². The molecule has 2 aliphatic heterocycles. The van der Waals surface area contributed by atoms with Gasteiger partial charge in [0.2, 0.25) is 6.79 Å². The summed E-state index contributed by atoms with van der Waals surface area (Å²) in [7, 11) is 0. The van der Waals surface area contributed by atoms with Gasteiger partial charge in [0, 0.05) is 12.5 Å². The third kappa shape index (κ3) is 3.71. The van der Waals surface area contributed by atoms with Crippen LogP contribution in [0.15, 0.2) is 18.2 Å². The van der Waals surface area contributed by atoms with Crippen molar-refractivity contribution in [3.63, 3.8) is 0 Å². The van der Waals surface area contributed by atoms with Crippen molar-refractivity contribution in [3.05, 3.63) is 28.8 Å². The quantitative estimate of drug-likeness (QED) is 0.611. The summed E-state index contributed by atoms with van der Waals surface area (Å²) >= 11 is 6.06. The lowest BCUT2D eigenvalue weighted by Gasteiger charge is -2.08. The number of hydrogen-bond acceptors (Lipinski definition) is 6. The van der Waals surface area contributed by atoms with Crippen molar-refractivity contribution in [1.29, 1.82) is 0 Å². The van der Waals surface area contributed by atoms with E-state index in [2.05, 4.69) is 0 Å². The highest BCUT2D eigenvalue weighted by Gasteiger charge is 2.18. The number of rotatable bonds is 5. The van der Waals surface area contributed by atoms with Gasteiger partial charge in [-0.2, -0.15) is 0 Å². The van der Waals surface area contributed by atoms with Crippen molar-refractivity contribution < 1.29 is 28.5 Å². The topological polar surface area (TPSA) is 63.2 Å². The molecule has 3 rings (SSSR count). The van der Waals surface area contributed by atoms with Crippen LogP contribution in [0, 0.1) is 0 Å². The molecule has 1 fully saturated rings. The number of ether oxygens (including phenoxy) is 5. The number of carbonyl (C=O) groups is 1. The Morgan fingerprint density at radius 3 is 2.95 bits per heavy atom. The predicted octanol–water partition coefficient (Wildman–Crippen LogP) is 2.39. The van der Waals surface area contributed by atoms with E-state index in [0.717, 1.165) is 5.56 Å². The molecule has 0 unspecified atom stereocenters. The van der Waals surface area contributed by atoms with Gasteiger partial charge in [0.05, 0.1) is 24.8 Å². The van der Waals surface area contributed by atoms with E-state index in [0.29, 0.717) is 36.2 Å². The fraction of sp³-hybridized carbons (Fsp3) is 0.400. The molecule has 22 heavy (non-hydrogen) atoms. The normalized spacial score (nSPS) is 17.3. The Bertz CT molecular complexity index is 580. The minimum atomic E-state index is -0.438. The van der Waals surface area contributed by atoms with Gasteiger partial charge in [0.25, 0.3) is 0 Å². The maximum absolute atomic E-state index is 11.6. The SMILES string of the molecule is O=C(/C=C/c1cc(Cl)c2c(c1)OCO2)OCCC1OCCO1. The highest BCUT2D eigenvalue weighted by Crippen LogP contribution is 2.40. The molecule has 7 heteroatoms. The van der Waals surface area contributed by atoms with Crippen molar-refractivity contribution in [2.75, 3.05) is 26.6 Å². The molecule has 1 saturated heterocycles. The van der Waals surface area contributed by atoms with Gasteiger partial charge in [0.15, 0.2) is 17.8 Å². The highest BCUT2D eigenvalue weighted by molar-refractivity contribution is 6.32. The Morgan fingerprint density at radius 2 is 2.14 bits per heavy atom. The Labute approximate surface area is 132 Å². The number of hydrogen-bond donors (Lipinski definition) is 0. The first-order valence-electron chi connectivity index (χ1n) is 6.89. The van der Waals surface area contributed by atoms with Crippen LogP contribution in [-0.4, -0.2) is 38.9 Å². The smallest absolute Gasteiger partial charge is 0.330 e. The lowest BCUT2D eigenvalue weighted by molar-refractivity contribution is -0.140. The summed E-state index contributed by atoms with van der Waals surface area (Å²) < 4.78 is 26.1. The van der Waals surface area contributed by atoms with Crippen LogP contribution in [0.1, 0.15) is 12.0 Å². The summed E-state index contributed by atoms with van der Waals surface area (Å²) in [5, 5.41) is 0.443. The van der Waals surface area contributed by atoms with E-state index >= 15 is 0 Å². The van der Waals surface area contributed by atoms with E-state index < -0.39 is 5.97 Å². The molecular formula is C15H15ClO6. The maximum atomic E-state index is 11.6. The molecule has 0 atom stereocenters. The number of esters is 1. The molecule has 1 aromatic rings. The first-order chi connectivity index (χ1) is 10.7. The first-order valence-corrected chi connectivity index (χ1v) is 7.27. The lowest BCUT2D eigenvalue weighted by atomic mass is 10.2. The summed E-state index contributed by atoms with van der Waals surface area (Å²) in [6.07, 6.45) is 3.20. The van der Waals surface area contributed by atoms with E-state index in [4.69, 9.17) is 35.3 Å². The van der Waals surface area contributed by atoms with Crippen molar-refractivity contribution in [3.8, 4) is 11.5 Å². The zero-order valence-corrected chi connectivity index (χ0v) is 12.5. The molecule has 0 aliphatic carbocycles. The Balaban J connectivity index is 1.50. The van der Waals surface area contributed by atoms with Crippen LogP contribution in [0.3, 0.4) is 0 Å². The lowest BCUT2D eigenvalue weighted by Crippen LogP contribution is -2.13. The minimum absolute atomic E-state index is 0.148. The van der Waals surface area contributed by atoms with Gasteiger partial charge >= 0.3 is 5.97 Å². The maximum Gasteiger partial charge on any atom is 0.330 e. The molecule has 2 aliphatic rings. The van der Waals surface area contributed by atoms with Gasteiger partial charge in [0.1, 0.15) is 0 Å². The van der Waals surface area contributed by atoms with Gasteiger partial charge < -0.3 is 23.7 Å². The summed E-state index contributed by atoms with van der Waals surface area (Å²) in [6.45, 7) is 1.57. The molecule has 118 valence electrons. The van der Waals surface area contributed by atoms with E-state index in [-0.39, 0.29) is 19.7 Å². The van der Waals surface area contributed by atoms with Crippen LogP contribution < -0.4 is 9.47 Å². The molecular weight excluding hydrogens is 312 g/mol. The van der Waals surface area contributed by atoms with Gasteiger partial charge in [-0.05, 0) is 23.8 Å². The second-order valence-corrected chi connectivity index (χ2v) is 5.10. The van der Waals surface area contributed by atoms with Crippen LogP contribution in [0.4, 0.5) is 0 Å². The second-order valence-electron chi connectivity index (χ2n) is 4.70. The van der Waals surface area contributed by atoms with Crippen LogP contribution in [-0.2, 0) is 19.0 Å². The largest absolute Gasteiger partial charge is 0.462 e. The Morgan fingerprint density at radius 1 is 1.32 bits per heavy atom. The fourth-order valence-electron chi connectivity index (χ4n) is 2.13. The molecule has 0 aromatic heterocycles. The average Bonchev–Trinajstić information content (AvgIpc) is 3.16. The molecule has 0 saturated carbocycles. The van der Waals surface area contributed by atoms with Crippen LogP contribution >= 0.6 is 11.6 Å². The monoisotopic (exact) mass is 326 g/mol. The second kappa shape index (κ2) is 7.00. The number of halogens is 1. The number of benzene rings is 1. The summed E-state index contributed by atoms with van der Waals surface area (Å²) in [4.78, 5) is 11.6. The van der Waals surface area contributed by atoms with Crippen LogP contribution in [0.2, 0.25) is 5.02 Å². The van der Waals surface area contributed by atoms with Crippen LogP contribution in [0.25, 0.3) is 6.08 Å². The summed E-state index contributed by atoms with van der Waals surface area (Å²) in [5.74, 6) is 0.654. The summed E-state index contributed by atoms with van der Waals surface area (Å²) in [6, 6.07) is 3.44. The first kappa shape index (κ1) is 15.1. The van der Waals surface area contributed by atoms with Crippen molar-refractivity contribution in [1.82, 2.24) is 0 Å². The molecule has 2 heterocycles. The molecule has 0 spiro atoms. The average molecular weight is 327 g/mol. The summed E-state index contributed by atoms with van der Waals surface area (Å²) in [5.41, 5.74) is 0.730. The predicted molar refractivity (Wildman–Crippen MR) is 77.9 cm³/mol. The minimum Gasteiger partial charge on any atom is -0.462 e. The van der Waals surface area contributed by atoms with Crippen molar-refractivity contribution >= 4 is 23.6 Å². The van der Waals surface area contributed by atoms with Gasteiger partial charge in [-0.15, -0.1) is 0 Å². The fourth-order valence-corrected chi connectivity index (χ4v) is 2.40. The van der Waals surface area contributed by atoms with E-state index in [1.54, 1.807) is 18.2 Å². The zero-order valence-electron chi connectivity index (χ0n) is 11.7. The molecule has 1 aromatic carbocycles. The molecule has 6 nitrogen and oxygen atoms in total.